The number of nitrogens with zero attached hydrogens (tertiary/aromatic N) is 1. The van der Waals surface area contributed by atoms with E-state index in [2.05, 4.69) is 18.8 Å². The lowest BCUT2D eigenvalue weighted by Crippen LogP contribution is -2.02. The number of carbonyl (C=O) groups is 1. The van der Waals surface area contributed by atoms with Crippen LogP contribution in [0.4, 0.5) is 0 Å². The highest BCUT2D eigenvalue weighted by molar-refractivity contribution is 5.50. The zero-order chi connectivity index (χ0) is 11.8. The van der Waals surface area contributed by atoms with Crippen LogP contribution in [0, 0.1) is 5.92 Å². The fraction of sp³-hybridized carbons (Fsp3) is 0.538. The van der Waals surface area contributed by atoms with Gasteiger partial charge in [-0.25, -0.2) is 0 Å². The number of aryl methyl sites for hydroxylation is 1. The number of carbonyl (C=O) groups excluding carboxylic acids is 1. The first-order valence-corrected chi connectivity index (χ1v) is 5.72. The molecule has 0 aliphatic rings. The van der Waals surface area contributed by atoms with Gasteiger partial charge in [0.2, 0.25) is 0 Å². The molecule has 0 bridgehead atoms. The molecule has 3 nitrogen and oxygen atoms in total. The maximum Gasteiger partial charge on any atom is 0.137 e. The molecule has 0 aliphatic heterocycles. The molecule has 0 saturated carbocycles. The van der Waals surface area contributed by atoms with Crippen molar-refractivity contribution in [2.24, 2.45) is 5.92 Å². The minimum atomic E-state index is 0.539. The molecule has 16 heavy (non-hydrogen) atoms. The Kier molecular flexibility index (Phi) is 5.54. The van der Waals surface area contributed by atoms with Crippen molar-refractivity contribution in [3.05, 3.63) is 24.0 Å². The van der Waals surface area contributed by atoms with E-state index in [0.717, 1.165) is 37.0 Å². The van der Waals surface area contributed by atoms with Crippen molar-refractivity contribution in [2.45, 2.75) is 33.1 Å². The van der Waals surface area contributed by atoms with Gasteiger partial charge in [-0.2, -0.15) is 0 Å². The molecule has 1 rings (SSSR count). The van der Waals surface area contributed by atoms with Crippen LogP contribution in [0.3, 0.4) is 0 Å². The van der Waals surface area contributed by atoms with Crippen molar-refractivity contribution in [1.82, 2.24) is 4.98 Å². The molecular weight excluding hydrogens is 202 g/mol. The van der Waals surface area contributed by atoms with E-state index in [1.165, 1.54) is 0 Å². The normalized spacial score (nSPS) is 10.4. The molecule has 0 radical (unpaired) electrons. The molecule has 0 fully saturated rings. The molecule has 1 heterocycles. The minimum absolute atomic E-state index is 0.539. The highest BCUT2D eigenvalue weighted by atomic mass is 16.5. The van der Waals surface area contributed by atoms with E-state index in [1.54, 1.807) is 12.4 Å². The largest absolute Gasteiger partial charge is 0.492 e. The molecule has 0 N–H and O–H groups in total. The molecule has 88 valence electrons. The Hall–Kier alpha value is -1.38. The number of ether oxygens (including phenoxy) is 1. The van der Waals surface area contributed by atoms with Gasteiger partial charge in [-0.1, -0.05) is 13.8 Å². The summed E-state index contributed by atoms with van der Waals surface area (Å²) in [5.41, 5.74) is 1.05. The van der Waals surface area contributed by atoms with Crippen LogP contribution in [0.25, 0.3) is 0 Å². The van der Waals surface area contributed by atoms with Crippen LogP contribution in [-0.4, -0.2) is 17.9 Å². The molecule has 0 aliphatic carbocycles. The number of aldehydes is 1. The smallest absolute Gasteiger partial charge is 0.137 e. The second-order valence-corrected chi connectivity index (χ2v) is 4.27. The van der Waals surface area contributed by atoms with E-state index in [0.29, 0.717) is 12.3 Å². The summed E-state index contributed by atoms with van der Waals surface area (Å²) in [4.78, 5) is 14.4. The predicted octanol–water partition coefficient (Wildman–Crippen LogP) is 2.64. The maximum absolute atomic E-state index is 10.3. The SMILES string of the molecule is CC(C)CCOc1cncc(CCC=O)c1. The highest BCUT2D eigenvalue weighted by Gasteiger charge is 1.99. The highest BCUT2D eigenvalue weighted by Crippen LogP contribution is 2.13. The van der Waals surface area contributed by atoms with E-state index in [-0.39, 0.29) is 0 Å². The minimum Gasteiger partial charge on any atom is -0.492 e. The summed E-state index contributed by atoms with van der Waals surface area (Å²) in [6, 6.07) is 1.96. The average Bonchev–Trinajstić information content (AvgIpc) is 2.26. The molecule has 0 saturated heterocycles. The second kappa shape index (κ2) is 6.99. The third kappa shape index (κ3) is 4.91. The Balaban J connectivity index is 2.43. The molecular formula is C13H19NO2. The van der Waals surface area contributed by atoms with Crippen molar-refractivity contribution in [1.29, 1.82) is 0 Å². The van der Waals surface area contributed by atoms with Gasteiger partial charge < -0.3 is 9.53 Å². The number of hydrogen-bond donors (Lipinski definition) is 0. The van der Waals surface area contributed by atoms with E-state index in [9.17, 15) is 4.79 Å². The Bertz CT molecular complexity index is 323. The van der Waals surface area contributed by atoms with Gasteiger partial charge in [-0.3, -0.25) is 4.98 Å². The first-order chi connectivity index (χ1) is 7.72. The quantitative estimate of drug-likeness (QED) is 0.664. The summed E-state index contributed by atoms with van der Waals surface area (Å²) in [7, 11) is 0. The fourth-order valence-electron chi connectivity index (χ4n) is 1.32. The number of pyridine rings is 1. The zero-order valence-electron chi connectivity index (χ0n) is 9.98. The maximum atomic E-state index is 10.3. The van der Waals surface area contributed by atoms with Crippen molar-refractivity contribution in [3.63, 3.8) is 0 Å². The predicted molar refractivity (Wildman–Crippen MR) is 63.6 cm³/mol. The van der Waals surface area contributed by atoms with Gasteiger partial charge in [0.15, 0.2) is 0 Å². The summed E-state index contributed by atoms with van der Waals surface area (Å²) in [5.74, 6) is 1.44. The van der Waals surface area contributed by atoms with Crippen LogP contribution in [0.15, 0.2) is 18.5 Å². The summed E-state index contributed by atoms with van der Waals surface area (Å²) in [6.07, 6.45) is 6.73. The summed E-state index contributed by atoms with van der Waals surface area (Å²) >= 11 is 0. The Labute approximate surface area is 96.8 Å². The standard InChI is InChI=1S/C13H19NO2/c1-11(2)5-7-16-13-8-12(4-3-6-15)9-14-10-13/h6,8-11H,3-5,7H2,1-2H3. The third-order valence-corrected chi connectivity index (χ3v) is 2.28. The number of aromatic nitrogens is 1. The number of rotatable bonds is 7. The summed E-state index contributed by atoms with van der Waals surface area (Å²) < 4.78 is 5.59. The molecule has 0 amide bonds. The van der Waals surface area contributed by atoms with Crippen LogP contribution in [-0.2, 0) is 11.2 Å². The van der Waals surface area contributed by atoms with Crippen LogP contribution in [0.5, 0.6) is 5.75 Å². The van der Waals surface area contributed by atoms with Gasteiger partial charge in [0, 0.05) is 12.6 Å². The van der Waals surface area contributed by atoms with Gasteiger partial charge in [0.25, 0.3) is 0 Å². The van der Waals surface area contributed by atoms with Crippen LogP contribution >= 0.6 is 0 Å². The fourth-order valence-corrected chi connectivity index (χ4v) is 1.32. The lowest BCUT2D eigenvalue weighted by molar-refractivity contribution is -0.107. The van der Waals surface area contributed by atoms with Gasteiger partial charge in [0.1, 0.15) is 12.0 Å². The molecule has 3 heteroatoms. The summed E-state index contributed by atoms with van der Waals surface area (Å²) in [6.45, 7) is 5.06. The summed E-state index contributed by atoms with van der Waals surface area (Å²) in [5, 5.41) is 0. The average molecular weight is 221 g/mol. The molecule has 1 aromatic heterocycles. The Morgan fingerprint density at radius 2 is 2.25 bits per heavy atom. The van der Waals surface area contributed by atoms with Gasteiger partial charge in [-0.05, 0) is 30.4 Å². The van der Waals surface area contributed by atoms with Crippen LogP contribution in [0.1, 0.15) is 32.3 Å². The first kappa shape index (κ1) is 12.7. The zero-order valence-corrected chi connectivity index (χ0v) is 9.98. The van der Waals surface area contributed by atoms with E-state index in [1.807, 2.05) is 6.07 Å². The van der Waals surface area contributed by atoms with E-state index in [4.69, 9.17) is 4.74 Å². The van der Waals surface area contributed by atoms with Gasteiger partial charge in [-0.15, -0.1) is 0 Å². The van der Waals surface area contributed by atoms with Crippen LogP contribution in [0.2, 0.25) is 0 Å². The van der Waals surface area contributed by atoms with Gasteiger partial charge >= 0.3 is 0 Å². The first-order valence-electron chi connectivity index (χ1n) is 5.72. The van der Waals surface area contributed by atoms with Gasteiger partial charge in [0.05, 0.1) is 12.8 Å². The van der Waals surface area contributed by atoms with Crippen molar-refractivity contribution >= 4 is 6.29 Å². The Morgan fingerprint density at radius 3 is 2.94 bits per heavy atom. The van der Waals surface area contributed by atoms with E-state index < -0.39 is 0 Å². The monoisotopic (exact) mass is 221 g/mol. The van der Waals surface area contributed by atoms with Crippen LogP contribution < -0.4 is 4.74 Å². The second-order valence-electron chi connectivity index (χ2n) is 4.27. The Morgan fingerprint density at radius 1 is 1.44 bits per heavy atom. The topological polar surface area (TPSA) is 39.2 Å². The van der Waals surface area contributed by atoms with Crippen molar-refractivity contribution < 1.29 is 9.53 Å². The molecule has 0 unspecified atom stereocenters. The molecule has 0 spiro atoms. The van der Waals surface area contributed by atoms with E-state index >= 15 is 0 Å². The lowest BCUT2D eigenvalue weighted by Gasteiger charge is -2.08. The molecule has 1 aromatic rings. The molecule has 0 aromatic carbocycles. The number of hydrogen-bond acceptors (Lipinski definition) is 3. The third-order valence-electron chi connectivity index (χ3n) is 2.28. The lowest BCUT2D eigenvalue weighted by atomic mass is 10.1. The molecule has 0 atom stereocenters. The van der Waals surface area contributed by atoms with Crippen molar-refractivity contribution in [2.75, 3.05) is 6.61 Å². The van der Waals surface area contributed by atoms with Crippen molar-refractivity contribution in [3.8, 4) is 5.75 Å².